The van der Waals surface area contributed by atoms with Crippen molar-refractivity contribution < 1.29 is 9.59 Å². The van der Waals surface area contributed by atoms with Crippen molar-refractivity contribution in [2.45, 2.75) is 59.7 Å². The summed E-state index contributed by atoms with van der Waals surface area (Å²) in [6.45, 7) is 11.7. The largest absolute Gasteiger partial charge is 0.352 e. The summed E-state index contributed by atoms with van der Waals surface area (Å²) in [5.41, 5.74) is 0. The van der Waals surface area contributed by atoms with Crippen LogP contribution in [0.5, 0.6) is 0 Å². The van der Waals surface area contributed by atoms with Crippen LogP contribution in [0.25, 0.3) is 0 Å². The van der Waals surface area contributed by atoms with Crippen molar-refractivity contribution in [1.82, 2.24) is 16.0 Å². The van der Waals surface area contributed by atoms with E-state index in [0.717, 1.165) is 0 Å². The molecule has 0 bridgehead atoms. The van der Waals surface area contributed by atoms with Gasteiger partial charge in [-0.05, 0) is 19.8 Å². The highest BCUT2D eigenvalue weighted by atomic mass is 16.2. The summed E-state index contributed by atoms with van der Waals surface area (Å²) in [7, 11) is 0. The van der Waals surface area contributed by atoms with Crippen LogP contribution in [-0.4, -0.2) is 36.5 Å². The van der Waals surface area contributed by atoms with Crippen LogP contribution in [0.1, 0.15) is 41.5 Å². The Hall–Kier alpha value is -1.10. The maximum Gasteiger partial charge on any atom is 0.239 e. The molecule has 106 valence electrons. The molecule has 3 N–H and O–H groups in total. The van der Waals surface area contributed by atoms with Gasteiger partial charge in [-0.25, -0.2) is 0 Å². The highest BCUT2D eigenvalue weighted by Gasteiger charge is 2.22. The van der Waals surface area contributed by atoms with Crippen LogP contribution in [0, 0.1) is 5.92 Å². The summed E-state index contributed by atoms with van der Waals surface area (Å²) in [6, 6.07) is 0.0496. The van der Waals surface area contributed by atoms with Crippen molar-refractivity contribution in [3.05, 3.63) is 0 Å². The Balaban J connectivity index is 4.22. The molecule has 0 fully saturated rings. The molecule has 0 spiro atoms. The average molecular weight is 257 g/mol. The summed E-state index contributed by atoms with van der Waals surface area (Å²) >= 11 is 0. The maximum absolute atomic E-state index is 12.0. The lowest BCUT2D eigenvalue weighted by atomic mass is 10.0. The lowest BCUT2D eigenvalue weighted by molar-refractivity contribution is -0.128. The van der Waals surface area contributed by atoms with E-state index < -0.39 is 0 Å². The average Bonchev–Trinajstić information content (AvgIpc) is 2.21. The molecule has 0 heterocycles. The normalized spacial score (nSPS) is 12.9. The fourth-order valence-electron chi connectivity index (χ4n) is 1.58. The fraction of sp³-hybridized carbons (Fsp3) is 0.846. The SMILES string of the molecule is CC(C)NC(=O)CNC(=O)[C@@H](NC(C)C)C(C)C. The van der Waals surface area contributed by atoms with Gasteiger partial charge in [-0.1, -0.05) is 27.7 Å². The number of carbonyl (C=O) groups excluding carboxylic acids is 2. The second-order valence-electron chi connectivity index (χ2n) is 5.48. The molecule has 0 aliphatic rings. The number of hydrogen-bond donors (Lipinski definition) is 3. The summed E-state index contributed by atoms with van der Waals surface area (Å²) in [6.07, 6.45) is 0. The first kappa shape index (κ1) is 16.9. The van der Waals surface area contributed by atoms with Crippen molar-refractivity contribution in [2.24, 2.45) is 5.92 Å². The Labute approximate surface area is 110 Å². The van der Waals surface area contributed by atoms with Crippen LogP contribution in [-0.2, 0) is 9.59 Å². The second kappa shape index (κ2) is 8.08. The molecule has 0 aromatic heterocycles. The molecule has 0 aromatic carbocycles. The quantitative estimate of drug-likeness (QED) is 0.627. The predicted molar refractivity (Wildman–Crippen MR) is 73.2 cm³/mol. The number of hydrogen-bond acceptors (Lipinski definition) is 3. The minimum Gasteiger partial charge on any atom is -0.352 e. The van der Waals surface area contributed by atoms with Gasteiger partial charge in [0, 0.05) is 12.1 Å². The van der Waals surface area contributed by atoms with E-state index in [4.69, 9.17) is 0 Å². The predicted octanol–water partition coefficient (Wildman–Crippen LogP) is 0.650. The maximum atomic E-state index is 12.0. The molecule has 18 heavy (non-hydrogen) atoms. The minimum atomic E-state index is -0.267. The van der Waals surface area contributed by atoms with E-state index in [9.17, 15) is 9.59 Å². The molecule has 0 saturated carbocycles. The van der Waals surface area contributed by atoms with Gasteiger partial charge in [-0.2, -0.15) is 0 Å². The Morgan fingerprint density at radius 2 is 1.50 bits per heavy atom. The monoisotopic (exact) mass is 257 g/mol. The van der Waals surface area contributed by atoms with Crippen molar-refractivity contribution in [1.29, 1.82) is 0 Å². The minimum absolute atomic E-state index is 0.0278. The first-order valence-corrected chi connectivity index (χ1v) is 6.57. The Bertz CT molecular complexity index is 275. The topological polar surface area (TPSA) is 70.2 Å². The van der Waals surface area contributed by atoms with E-state index in [2.05, 4.69) is 16.0 Å². The van der Waals surface area contributed by atoms with E-state index in [1.165, 1.54) is 0 Å². The van der Waals surface area contributed by atoms with E-state index in [0.29, 0.717) is 0 Å². The van der Waals surface area contributed by atoms with Crippen molar-refractivity contribution in [2.75, 3.05) is 6.54 Å². The van der Waals surface area contributed by atoms with E-state index >= 15 is 0 Å². The standard InChI is InChI=1S/C13H27N3O2/c1-8(2)12(16-10(5)6)13(18)14-7-11(17)15-9(3)4/h8-10,12,16H,7H2,1-6H3,(H,14,18)(H,15,17)/t12-/m0/s1. The van der Waals surface area contributed by atoms with E-state index in [1.807, 2.05) is 41.5 Å². The van der Waals surface area contributed by atoms with Gasteiger partial charge in [0.2, 0.25) is 11.8 Å². The molecule has 0 saturated heterocycles. The summed E-state index contributed by atoms with van der Waals surface area (Å²) < 4.78 is 0. The van der Waals surface area contributed by atoms with Crippen molar-refractivity contribution in [3.63, 3.8) is 0 Å². The van der Waals surface area contributed by atoms with Crippen LogP contribution in [0.2, 0.25) is 0 Å². The smallest absolute Gasteiger partial charge is 0.239 e. The molecule has 5 heteroatoms. The zero-order chi connectivity index (χ0) is 14.3. The van der Waals surface area contributed by atoms with Crippen molar-refractivity contribution in [3.8, 4) is 0 Å². The molecule has 0 unspecified atom stereocenters. The number of amides is 2. The van der Waals surface area contributed by atoms with Gasteiger partial charge in [0.05, 0.1) is 12.6 Å². The molecular formula is C13H27N3O2. The van der Waals surface area contributed by atoms with Crippen molar-refractivity contribution >= 4 is 11.8 Å². The highest BCUT2D eigenvalue weighted by molar-refractivity contribution is 5.87. The van der Waals surface area contributed by atoms with Gasteiger partial charge < -0.3 is 16.0 Å². The van der Waals surface area contributed by atoms with Crippen LogP contribution in [0.3, 0.4) is 0 Å². The van der Waals surface area contributed by atoms with Crippen LogP contribution < -0.4 is 16.0 Å². The first-order chi connectivity index (χ1) is 8.23. The summed E-state index contributed by atoms with van der Waals surface area (Å²) in [4.78, 5) is 23.4. The van der Waals surface area contributed by atoms with Gasteiger partial charge in [0.25, 0.3) is 0 Å². The number of nitrogens with one attached hydrogen (secondary N) is 3. The molecule has 2 amide bonds. The summed E-state index contributed by atoms with van der Waals surface area (Å²) in [5.74, 6) is -0.108. The van der Waals surface area contributed by atoms with Gasteiger partial charge in [0.1, 0.15) is 0 Å². The van der Waals surface area contributed by atoms with E-state index in [1.54, 1.807) is 0 Å². The molecule has 0 aromatic rings. The highest BCUT2D eigenvalue weighted by Crippen LogP contribution is 2.02. The number of rotatable bonds is 7. The Kier molecular flexibility index (Phi) is 7.59. The lowest BCUT2D eigenvalue weighted by Crippen LogP contribution is -2.51. The fourth-order valence-corrected chi connectivity index (χ4v) is 1.58. The second-order valence-corrected chi connectivity index (χ2v) is 5.48. The van der Waals surface area contributed by atoms with Gasteiger partial charge in [-0.3, -0.25) is 9.59 Å². The zero-order valence-corrected chi connectivity index (χ0v) is 12.3. The molecule has 0 rings (SSSR count). The van der Waals surface area contributed by atoms with Gasteiger partial charge >= 0.3 is 0 Å². The zero-order valence-electron chi connectivity index (χ0n) is 12.3. The third-order valence-corrected chi connectivity index (χ3v) is 2.33. The number of carbonyl (C=O) groups is 2. The molecule has 0 aliphatic carbocycles. The molecule has 1 atom stereocenters. The lowest BCUT2D eigenvalue weighted by Gasteiger charge is -2.23. The molecule has 5 nitrogen and oxygen atoms in total. The molecule has 0 radical (unpaired) electrons. The Morgan fingerprint density at radius 1 is 0.944 bits per heavy atom. The third-order valence-electron chi connectivity index (χ3n) is 2.33. The third kappa shape index (κ3) is 7.27. The molecular weight excluding hydrogens is 230 g/mol. The van der Waals surface area contributed by atoms with Gasteiger partial charge in [-0.15, -0.1) is 0 Å². The summed E-state index contributed by atoms with van der Waals surface area (Å²) in [5, 5.41) is 8.59. The van der Waals surface area contributed by atoms with Crippen LogP contribution >= 0.6 is 0 Å². The molecule has 0 aliphatic heterocycles. The van der Waals surface area contributed by atoms with Gasteiger partial charge in [0.15, 0.2) is 0 Å². The first-order valence-electron chi connectivity index (χ1n) is 6.57. The van der Waals surface area contributed by atoms with Crippen LogP contribution in [0.4, 0.5) is 0 Å². The van der Waals surface area contributed by atoms with Crippen LogP contribution in [0.15, 0.2) is 0 Å². The van der Waals surface area contributed by atoms with E-state index in [-0.39, 0.29) is 42.4 Å². The Morgan fingerprint density at radius 3 is 1.89 bits per heavy atom.